The van der Waals surface area contributed by atoms with Gasteiger partial charge in [-0.25, -0.2) is 0 Å². The van der Waals surface area contributed by atoms with Crippen LogP contribution in [-0.2, 0) is 0 Å². The molecule has 0 saturated heterocycles. The van der Waals surface area contributed by atoms with Gasteiger partial charge in [0, 0.05) is 11.6 Å². The largest absolute Gasteiger partial charge is 0.506 e. The van der Waals surface area contributed by atoms with Crippen molar-refractivity contribution in [2.45, 2.75) is 0 Å². The number of aromatic amines is 1. The molecule has 0 saturated carbocycles. The second kappa shape index (κ2) is 5.42. The lowest BCUT2D eigenvalue weighted by Gasteiger charge is -2.03. The normalized spacial score (nSPS) is 11.3. The molecule has 5 heteroatoms. The van der Waals surface area contributed by atoms with Crippen molar-refractivity contribution in [3.05, 3.63) is 69.5 Å². The summed E-state index contributed by atoms with van der Waals surface area (Å²) in [4.78, 5) is 18.9. The molecule has 3 rings (SSSR count). The van der Waals surface area contributed by atoms with Gasteiger partial charge in [-0.15, -0.1) is 0 Å². The van der Waals surface area contributed by atoms with Crippen LogP contribution >= 0.6 is 11.6 Å². The standard InChI is InChI=1S/C16H11ClN2O2/c17-12-6-2-4-8-14(12)18-9-11-15(20)10-5-1-3-7-13(10)19-16(11)21/h1-9H,(H2,19,20,21). The maximum absolute atomic E-state index is 12.0. The third kappa shape index (κ3) is 2.53. The van der Waals surface area contributed by atoms with Crippen molar-refractivity contribution in [1.82, 2.24) is 4.98 Å². The van der Waals surface area contributed by atoms with E-state index >= 15 is 0 Å². The third-order valence-electron chi connectivity index (χ3n) is 3.12. The zero-order valence-corrected chi connectivity index (χ0v) is 11.6. The summed E-state index contributed by atoms with van der Waals surface area (Å²) in [6, 6.07) is 14.1. The molecular weight excluding hydrogens is 288 g/mol. The third-order valence-corrected chi connectivity index (χ3v) is 3.43. The van der Waals surface area contributed by atoms with Crippen LogP contribution in [-0.4, -0.2) is 16.3 Å². The van der Waals surface area contributed by atoms with Gasteiger partial charge < -0.3 is 10.1 Å². The van der Waals surface area contributed by atoms with E-state index in [4.69, 9.17) is 11.6 Å². The number of aromatic hydroxyl groups is 1. The van der Waals surface area contributed by atoms with E-state index in [2.05, 4.69) is 9.98 Å². The molecule has 0 unspecified atom stereocenters. The quantitative estimate of drug-likeness (QED) is 0.709. The topological polar surface area (TPSA) is 65.5 Å². The lowest BCUT2D eigenvalue weighted by Crippen LogP contribution is -2.12. The predicted octanol–water partition coefficient (Wildman–Crippen LogP) is 3.64. The molecule has 0 spiro atoms. The molecular formula is C16H11ClN2O2. The Balaban J connectivity index is 2.13. The summed E-state index contributed by atoms with van der Waals surface area (Å²) in [6.45, 7) is 0. The first-order valence-electron chi connectivity index (χ1n) is 6.29. The van der Waals surface area contributed by atoms with E-state index in [0.717, 1.165) is 0 Å². The molecule has 0 fully saturated rings. The average molecular weight is 299 g/mol. The summed E-state index contributed by atoms with van der Waals surface area (Å²) >= 11 is 6.00. The molecule has 3 aromatic rings. The van der Waals surface area contributed by atoms with E-state index in [-0.39, 0.29) is 11.3 Å². The highest BCUT2D eigenvalue weighted by atomic mass is 35.5. The lowest BCUT2D eigenvalue weighted by atomic mass is 10.1. The van der Waals surface area contributed by atoms with E-state index < -0.39 is 5.56 Å². The van der Waals surface area contributed by atoms with Crippen molar-refractivity contribution in [3.8, 4) is 5.75 Å². The zero-order chi connectivity index (χ0) is 14.8. The average Bonchev–Trinajstić information content (AvgIpc) is 2.49. The Hall–Kier alpha value is -2.59. The van der Waals surface area contributed by atoms with Crippen LogP contribution in [0.2, 0.25) is 5.02 Å². The summed E-state index contributed by atoms with van der Waals surface area (Å²) in [7, 11) is 0. The molecule has 2 N–H and O–H groups in total. The Morgan fingerprint density at radius 1 is 1.10 bits per heavy atom. The first-order chi connectivity index (χ1) is 10.2. The summed E-state index contributed by atoms with van der Waals surface area (Å²) in [5.74, 6) is -0.0925. The number of para-hydroxylation sites is 2. The fraction of sp³-hybridized carbons (Fsp3) is 0. The second-order valence-electron chi connectivity index (χ2n) is 4.47. The first kappa shape index (κ1) is 13.4. The highest BCUT2D eigenvalue weighted by Gasteiger charge is 2.09. The predicted molar refractivity (Wildman–Crippen MR) is 84.9 cm³/mol. The first-order valence-corrected chi connectivity index (χ1v) is 6.67. The smallest absolute Gasteiger partial charge is 0.261 e. The summed E-state index contributed by atoms with van der Waals surface area (Å²) in [5, 5.41) is 11.3. The summed E-state index contributed by atoms with van der Waals surface area (Å²) in [5.41, 5.74) is 0.816. The van der Waals surface area contributed by atoms with Gasteiger partial charge in [-0.05, 0) is 24.3 Å². The maximum Gasteiger partial charge on any atom is 0.261 e. The van der Waals surface area contributed by atoms with Gasteiger partial charge >= 0.3 is 0 Å². The van der Waals surface area contributed by atoms with Crippen LogP contribution in [0, 0.1) is 0 Å². The van der Waals surface area contributed by atoms with E-state index in [1.54, 1.807) is 48.5 Å². The van der Waals surface area contributed by atoms with Gasteiger partial charge in [-0.3, -0.25) is 9.79 Å². The van der Waals surface area contributed by atoms with E-state index in [0.29, 0.717) is 21.6 Å². The molecule has 1 heterocycles. The summed E-state index contributed by atoms with van der Waals surface area (Å²) < 4.78 is 0. The molecule has 4 nitrogen and oxygen atoms in total. The van der Waals surface area contributed by atoms with Crippen molar-refractivity contribution >= 4 is 34.4 Å². The number of hydrogen-bond acceptors (Lipinski definition) is 3. The molecule has 1 aromatic heterocycles. The van der Waals surface area contributed by atoms with Crippen LogP contribution in [0.15, 0.2) is 58.3 Å². The van der Waals surface area contributed by atoms with Gasteiger partial charge in [0.1, 0.15) is 11.3 Å². The Morgan fingerprint density at radius 2 is 1.81 bits per heavy atom. The minimum Gasteiger partial charge on any atom is -0.506 e. The molecule has 0 radical (unpaired) electrons. The SMILES string of the molecule is O=c1[nH]c2ccccc2c(O)c1C=Nc1ccccc1Cl. The fourth-order valence-electron chi connectivity index (χ4n) is 2.05. The van der Waals surface area contributed by atoms with Crippen LogP contribution in [0.3, 0.4) is 0 Å². The minimum absolute atomic E-state index is 0.0925. The molecule has 21 heavy (non-hydrogen) atoms. The number of benzene rings is 2. The minimum atomic E-state index is -0.401. The van der Waals surface area contributed by atoms with Crippen molar-refractivity contribution in [1.29, 1.82) is 0 Å². The van der Waals surface area contributed by atoms with Crippen molar-refractivity contribution in [2.24, 2.45) is 4.99 Å². The number of nitrogens with one attached hydrogen (secondary N) is 1. The molecule has 2 aromatic carbocycles. The number of aliphatic imine (C=N–C) groups is 1. The van der Waals surface area contributed by atoms with E-state index in [1.807, 2.05) is 0 Å². The molecule has 104 valence electrons. The van der Waals surface area contributed by atoms with Gasteiger partial charge in [0.05, 0.1) is 16.2 Å². The molecule has 0 atom stereocenters. The van der Waals surface area contributed by atoms with Gasteiger partial charge in [0.15, 0.2) is 0 Å². The van der Waals surface area contributed by atoms with Crippen LogP contribution in [0.1, 0.15) is 5.56 Å². The number of nitrogens with zero attached hydrogens (tertiary/aromatic N) is 1. The fourth-order valence-corrected chi connectivity index (χ4v) is 2.24. The molecule has 0 aliphatic carbocycles. The Bertz CT molecular complexity index is 900. The number of rotatable bonds is 2. The molecule has 0 aliphatic heterocycles. The summed E-state index contributed by atoms with van der Waals surface area (Å²) in [6.07, 6.45) is 1.32. The van der Waals surface area contributed by atoms with E-state index in [1.165, 1.54) is 6.21 Å². The van der Waals surface area contributed by atoms with Crippen LogP contribution in [0.5, 0.6) is 5.75 Å². The number of pyridine rings is 1. The number of fused-ring (bicyclic) bond motifs is 1. The van der Waals surface area contributed by atoms with Gasteiger partial charge in [-0.1, -0.05) is 35.9 Å². The number of hydrogen-bond donors (Lipinski definition) is 2. The van der Waals surface area contributed by atoms with Crippen molar-refractivity contribution in [3.63, 3.8) is 0 Å². The molecule has 0 bridgehead atoms. The Morgan fingerprint density at radius 3 is 2.62 bits per heavy atom. The van der Waals surface area contributed by atoms with Crippen molar-refractivity contribution in [2.75, 3.05) is 0 Å². The van der Waals surface area contributed by atoms with Crippen LogP contribution in [0.4, 0.5) is 5.69 Å². The van der Waals surface area contributed by atoms with Gasteiger partial charge in [-0.2, -0.15) is 0 Å². The maximum atomic E-state index is 12.0. The van der Waals surface area contributed by atoms with Gasteiger partial charge in [0.25, 0.3) is 5.56 Å². The highest BCUT2D eigenvalue weighted by molar-refractivity contribution is 6.33. The molecule has 0 aliphatic rings. The monoisotopic (exact) mass is 298 g/mol. The van der Waals surface area contributed by atoms with Crippen LogP contribution < -0.4 is 5.56 Å². The Labute approximate surface area is 125 Å². The number of H-pyrrole nitrogens is 1. The number of aromatic nitrogens is 1. The van der Waals surface area contributed by atoms with Crippen molar-refractivity contribution < 1.29 is 5.11 Å². The lowest BCUT2D eigenvalue weighted by molar-refractivity contribution is 0.479. The van der Waals surface area contributed by atoms with E-state index in [9.17, 15) is 9.90 Å². The molecule has 0 amide bonds. The highest BCUT2D eigenvalue weighted by Crippen LogP contribution is 2.26. The number of halogens is 1. The van der Waals surface area contributed by atoms with Gasteiger partial charge in [0.2, 0.25) is 0 Å². The second-order valence-corrected chi connectivity index (χ2v) is 4.88. The zero-order valence-electron chi connectivity index (χ0n) is 10.9. The van der Waals surface area contributed by atoms with Crippen LogP contribution in [0.25, 0.3) is 10.9 Å². The Kier molecular flexibility index (Phi) is 3.46.